The maximum atomic E-state index is 4.92. The van der Waals surface area contributed by atoms with E-state index in [9.17, 15) is 0 Å². The van der Waals surface area contributed by atoms with Crippen molar-refractivity contribution >= 4 is 0 Å². The van der Waals surface area contributed by atoms with Gasteiger partial charge in [-0.15, -0.1) is 0 Å². The van der Waals surface area contributed by atoms with E-state index in [-0.39, 0.29) is 0 Å². The Morgan fingerprint density at radius 3 is 1.50 bits per heavy atom. The molecule has 0 aliphatic rings. The molecule has 0 fully saturated rings. The SMILES string of the molecule is CC(C)NN.CCC. The molecule has 0 bridgehead atoms. The van der Waals surface area contributed by atoms with Crippen LogP contribution < -0.4 is 11.3 Å². The lowest BCUT2D eigenvalue weighted by atomic mass is 10.4. The summed E-state index contributed by atoms with van der Waals surface area (Å²) < 4.78 is 0. The van der Waals surface area contributed by atoms with E-state index in [0.717, 1.165) is 0 Å². The number of hydrogen-bond acceptors (Lipinski definition) is 2. The molecule has 0 atom stereocenters. The van der Waals surface area contributed by atoms with Gasteiger partial charge in [0.25, 0.3) is 0 Å². The van der Waals surface area contributed by atoms with Crippen molar-refractivity contribution in [2.75, 3.05) is 0 Å². The lowest BCUT2D eigenvalue weighted by Gasteiger charge is -1.95. The first kappa shape index (κ1) is 10.8. The monoisotopic (exact) mass is 118 g/mol. The lowest BCUT2D eigenvalue weighted by Crippen LogP contribution is -2.29. The molecule has 0 aliphatic carbocycles. The molecule has 0 aromatic heterocycles. The summed E-state index contributed by atoms with van der Waals surface area (Å²) in [6.07, 6.45) is 1.25. The van der Waals surface area contributed by atoms with Crippen LogP contribution in [0.3, 0.4) is 0 Å². The Hall–Kier alpha value is -0.0800. The van der Waals surface area contributed by atoms with Crippen molar-refractivity contribution in [3.63, 3.8) is 0 Å². The van der Waals surface area contributed by atoms with Crippen LogP contribution in [0.5, 0.6) is 0 Å². The molecule has 3 N–H and O–H groups in total. The molecule has 0 radical (unpaired) electrons. The van der Waals surface area contributed by atoms with Crippen LogP contribution in [0.25, 0.3) is 0 Å². The van der Waals surface area contributed by atoms with E-state index in [1.165, 1.54) is 6.42 Å². The van der Waals surface area contributed by atoms with Crippen LogP contribution in [0.2, 0.25) is 0 Å². The van der Waals surface area contributed by atoms with Gasteiger partial charge in [0.2, 0.25) is 0 Å². The van der Waals surface area contributed by atoms with Crippen LogP contribution in [0.4, 0.5) is 0 Å². The summed E-state index contributed by atoms with van der Waals surface area (Å²) in [6, 6.07) is 0.412. The average molecular weight is 118 g/mol. The number of nitrogens with one attached hydrogen (secondary N) is 1. The topological polar surface area (TPSA) is 38.0 Å². The highest BCUT2D eigenvalue weighted by Crippen LogP contribution is 1.64. The van der Waals surface area contributed by atoms with Crippen molar-refractivity contribution in [2.45, 2.75) is 40.2 Å². The summed E-state index contributed by atoms with van der Waals surface area (Å²) in [5.74, 6) is 4.92. The third-order valence-electron chi connectivity index (χ3n) is 0.333. The summed E-state index contributed by atoms with van der Waals surface area (Å²) in [5, 5.41) is 0. The number of hydrogen-bond donors (Lipinski definition) is 2. The van der Waals surface area contributed by atoms with Crippen molar-refractivity contribution in [1.82, 2.24) is 5.43 Å². The number of rotatable bonds is 1. The molecule has 0 unspecified atom stereocenters. The van der Waals surface area contributed by atoms with Crippen LogP contribution in [0.15, 0.2) is 0 Å². The van der Waals surface area contributed by atoms with Gasteiger partial charge in [-0.1, -0.05) is 20.3 Å². The van der Waals surface area contributed by atoms with Gasteiger partial charge in [-0.3, -0.25) is 11.3 Å². The molecule has 0 aliphatic heterocycles. The number of hydrazine groups is 1. The normalized spacial score (nSPS) is 8.25. The molecule has 0 saturated heterocycles. The maximum Gasteiger partial charge on any atom is 0.0153 e. The first-order chi connectivity index (χ1) is 3.68. The largest absolute Gasteiger partial charge is 0.271 e. The first-order valence-corrected chi connectivity index (χ1v) is 3.15. The summed E-state index contributed by atoms with van der Waals surface area (Å²) in [4.78, 5) is 0. The Morgan fingerprint density at radius 2 is 1.50 bits per heavy atom. The second-order valence-corrected chi connectivity index (χ2v) is 2.03. The second-order valence-electron chi connectivity index (χ2n) is 2.03. The van der Waals surface area contributed by atoms with E-state index in [1.807, 2.05) is 13.8 Å². The molecule has 0 spiro atoms. The van der Waals surface area contributed by atoms with Crippen molar-refractivity contribution < 1.29 is 0 Å². The van der Waals surface area contributed by atoms with Gasteiger partial charge in [0.05, 0.1) is 0 Å². The van der Waals surface area contributed by atoms with E-state index >= 15 is 0 Å². The van der Waals surface area contributed by atoms with Crippen LogP contribution in [0.1, 0.15) is 34.1 Å². The van der Waals surface area contributed by atoms with E-state index in [2.05, 4.69) is 19.3 Å². The molecule has 2 nitrogen and oxygen atoms in total. The quantitative estimate of drug-likeness (QED) is 0.402. The average Bonchev–Trinajstić information content (AvgIpc) is 1.69. The molecule has 2 heteroatoms. The Bertz CT molecular complexity index is 27.7. The minimum atomic E-state index is 0.412. The Morgan fingerprint density at radius 1 is 1.38 bits per heavy atom. The second kappa shape index (κ2) is 10.0. The zero-order valence-corrected chi connectivity index (χ0v) is 6.36. The third-order valence-corrected chi connectivity index (χ3v) is 0.333. The highest BCUT2D eigenvalue weighted by Gasteiger charge is 1.77. The van der Waals surface area contributed by atoms with Gasteiger partial charge in [-0.05, 0) is 13.8 Å². The van der Waals surface area contributed by atoms with Crippen molar-refractivity contribution in [3.05, 3.63) is 0 Å². The molecule has 0 rings (SSSR count). The molecule has 0 aromatic rings. The van der Waals surface area contributed by atoms with Crippen molar-refractivity contribution in [2.24, 2.45) is 5.84 Å². The molecule has 0 heterocycles. The van der Waals surface area contributed by atoms with Gasteiger partial charge in [0.15, 0.2) is 0 Å². The first-order valence-electron chi connectivity index (χ1n) is 3.15. The highest BCUT2D eigenvalue weighted by atomic mass is 15.2. The molecule has 0 amide bonds. The smallest absolute Gasteiger partial charge is 0.0153 e. The minimum Gasteiger partial charge on any atom is -0.271 e. The van der Waals surface area contributed by atoms with Gasteiger partial charge < -0.3 is 0 Å². The van der Waals surface area contributed by atoms with E-state index in [4.69, 9.17) is 5.84 Å². The zero-order chi connectivity index (χ0) is 6.99. The third kappa shape index (κ3) is 38.9. The van der Waals surface area contributed by atoms with Gasteiger partial charge in [-0.2, -0.15) is 0 Å². The van der Waals surface area contributed by atoms with Crippen molar-refractivity contribution in [1.29, 1.82) is 0 Å². The van der Waals surface area contributed by atoms with Crippen LogP contribution in [-0.4, -0.2) is 6.04 Å². The predicted octanol–water partition coefficient (Wildman–Crippen LogP) is 1.27. The Labute approximate surface area is 52.4 Å². The summed E-state index contributed by atoms with van der Waals surface area (Å²) in [7, 11) is 0. The molecular formula is C6H18N2. The van der Waals surface area contributed by atoms with Gasteiger partial charge in [-0.25, -0.2) is 0 Å². The van der Waals surface area contributed by atoms with Crippen molar-refractivity contribution in [3.8, 4) is 0 Å². The fraction of sp³-hybridized carbons (Fsp3) is 1.00. The lowest BCUT2D eigenvalue weighted by molar-refractivity contribution is 0.617. The molecular weight excluding hydrogens is 100 g/mol. The molecule has 0 saturated carbocycles. The van der Waals surface area contributed by atoms with Gasteiger partial charge in [0, 0.05) is 6.04 Å². The van der Waals surface area contributed by atoms with E-state index in [1.54, 1.807) is 0 Å². The Balaban J connectivity index is 0. The minimum absolute atomic E-state index is 0.412. The van der Waals surface area contributed by atoms with Crippen LogP contribution in [0, 0.1) is 0 Å². The maximum absolute atomic E-state index is 4.92. The van der Waals surface area contributed by atoms with E-state index < -0.39 is 0 Å². The number of nitrogens with two attached hydrogens (primary N) is 1. The summed E-state index contributed by atoms with van der Waals surface area (Å²) >= 11 is 0. The van der Waals surface area contributed by atoms with Crippen LogP contribution >= 0.6 is 0 Å². The summed E-state index contributed by atoms with van der Waals surface area (Å²) in [5.41, 5.74) is 2.53. The summed E-state index contributed by atoms with van der Waals surface area (Å²) in [6.45, 7) is 8.22. The highest BCUT2D eigenvalue weighted by molar-refractivity contribution is 4.38. The Kier molecular flexibility index (Phi) is 13.6. The van der Waals surface area contributed by atoms with Gasteiger partial charge >= 0.3 is 0 Å². The van der Waals surface area contributed by atoms with Gasteiger partial charge in [0.1, 0.15) is 0 Å². The fourth-order valence-electron chi connectivity index (χ4n) is 0. The zero-order valence-electron chi connectivity index (χ0n) is 6.36. The predicted molar refractivity (Wildman–Crippen MR) is 38.4 cm³/mol. The van der Waals surface area contributed by atoms with E-state index in [0.29, 0.717) is 6.04 Å². The molecule has 8 heavy (non-hydrogen) atoms. The molecule has 52 valence electrons. The van der Waals surface area contributed by atoms with Crippen LogP contribution in [-0.2, 0) is 0 Å². The standard InChI is InChI=1S/C3H10N2.C3H8/c1-3(2)5-4;1-3-2/h3,5H,4H2,1-2H3;3H2,1-2H3. The fourth-order valence-corrected chi connectivity index (χ4v) is 0. The molecule has 0 aromatic carbocycles.